The van der Waals surface area contributed by atoms with E-state index in [-0.39, 0.29) is 5.75 Å². The largest absolute Gasteiger partial charge is 0.361 e. The lowest BCUT2D eigenvalue weighted by Crippen LogP contribution is -2.30. The van der Waals surface area contributed by atoms with Gasteiger partial charge in [-0.3, -0.25) is 0 Å². The van der Waals surface area contributed by atoms with Crippen molar-refractivity contribution in [3.05, 3.63) is 36.0 Å². The number of nitrogens with zero attached hydrogens (tertiary/aromatic N) is 1. The van der Waals surface area contributed by atoms with Gasteiger partial charge in [-0.25, -0.2) is 12.7 Å². The number of rotatable bonds is 4. The monoisotopic (exact) mass is 292 g/mol. The number of nitrogens with one attached hydrogen (secondary N) is 1. The van der Waals surface area contributed by atoms with E-state index in [0.717, 1.165) is 11.9 Å². The fraction of sp³-hybridized carbons (Fsp3) is 0.467. The highest BCUT2D eigenvalue weighted by Crippen LogP contribution is 2.33. The van der Waals surface area contributed by atoms with Gasteiger partial charge in [0.25, 0.3) is 0 Å². The molecule has 20 heavy (non-hydrogen) atoms. The molecular formula is C15H20N2O2S. The van der Waals surface area contributed by atoms with E-state index in [9.17, 15) is 8.42 Å². The Hall–Kier alpha value is -1.33. The summed E-state index contributed by atoms with van der Waals surface area (Å²) in [6.07, 6.45) is 3.62. The smallest absolute Gasteiger partial charge is 0.214 e. The normalized spacial score (nSPS) is 20.8. The average molecular weight is 292 g/mol. The van der Waals surface area contributed by atoms with Crippen molar-refractivity contribution in [2.45, 2.75) is 25.7 Å². The fourth-order valence-electron chi connectivity index (χ4n) is 3.05. The molecule has 0 amide bonds. The first-order valence-corrected chi connectivity index (χ1v) is 8.76. The van der Waals surface area contributed by atoms with E-state index in [1.54, 1.807) is 4.31 Å². The number of fused-ring (bicyclic) bond motifs is 1. The van der Waals surface area contributed by atoms with Gasteiger partial charge in [0, 0.05) is 36.1 Å². The summed E-state index contributed by atoms with van der Waals surface area (Å²) < 4.78 is 25.9. The number of hydrogen-bond donors (Lipinski definition) is 1. The Morgan fingerprint density at radius 3 is 2.95 bits per heavy atom. The summed E-state index contributed by atoms with van der Waals surface area (Å²) in [4.78, 5) is 3.28. The molecule has 3 rings (SSSR count). The first-order valence-electron chi connectivity index (χ1n) is 7.15. The van der Waals surface area contributed by atoms with Crippen LogP contribution in [0, 0.1) is 0 Å². The van der Waals surface area contributed by atoms with Crippen molar-refractivity contribution in [3.63, 3.8) is 0 Å². The molecular weight excluding hydrogens is 272 g/mol. The van der Waals surface area contributed by atoms with Crippen LogP contribution in [0.25, 0.3) is 10.9 Å². The molecule has 0 aliphatic carbocycles. The average Bonchev–Trinajstić information content (AvgIpc) is 3.05. The van der Waals surface area contributed by atoms with Crippen LogP contribution in [-0.4, -0.2) is 36.5 Å². The molecule has 1 aliphatic rings. The summed E-state index contributed by atoms with van der Waals surface area (Å²) in [5, 5.41) is 1.22. The van der Waals surface area contributed by atoms with Crippen LogP contribution in [0.2, 0.25) is 0 Å². The minimum atomic E-state index is -3.06. The fourth-order valence-corrected chi connectivity index (χ4v) is 4.62. The van der Waals surface area contributed by atoms with Crippen LogP contribution >= 0.6 is 0 Å². The predicted octanol–water partition coefficient (Wildman–Crippen LogP) is 2.70. The van der Waals surface area contributed by atoms with E-state index in [1.807, 2.05) is 25.3 Å². The first kappa shape index (κ1) is 13.6. The van der Waals surface area contributed by atoms with Crippen LogP contribution in [0.3, 0.4) is 0 Å². The molecule has 0 bridgehead atoms. The quantitative estimate of drug-likeness (QED) is 0.942. The van der Waals surface area contributed by atoms with E-state index >= 15 is 0 Å². The highest BCUT2D eigenvalue weighted by atomic mass is 32.2. The van der Waals surface area contributed by atoms with Crippen molar-refractivity contribution in [2.24, 2.45) is 0 Å². The highest BCUT2D eigenvalue weighted by Gasteiger charge is 2.32. The van der Waals surface area contributed by atoms with Crippen molar-refractivity contribution in [2.75, 3.05) is 18.8 Å². The molecule has 1 aliphatic heterocycles. The molecule has 4 nitrogen and oxygen atoms in total. The Bertz CT molecular complexity index is 705. The molecule has 1 aromatic carbocycles. The van der Waals surface area contributed by atoms with E-state index in [1.165, 1.54) is 10.9 Å². The first-order chi connectivity index (χ1) is 9.62. The number of aromatic nitrogens is 1. The molecule has 1 aromatic heterocycles. The summed E-state index contributed by atoms with van der Waals surface area (Å²) in [6, 6.07) is 8.19. The Morgan fingerprint density at radius 1 is 1.35 bits per heavy atom. The zero-order chi connectivity index (χ0) is 14.2. The molecule has 0 saturated carbocycles. The van der Waals surface area contributed by atoms with Crippen molar-refractivity contribution >= 4 is 20.9 Å². The molecule has 1 fully saturated rings. The van der Waals surface area contributed by atoms with E-state index < -0.39 is 10.0 Å². The van der Waals surface area contributed by atoms with Crippen molar-refractivity contribution < 1.29 is 8.42 Å². The zero-order valence-electron chi connectivity index (χ0n) is 11.7. The van der Waals surface area contributed by atoms with Crippen LogP contribution in [0.15, 0.2) is 30.5 Å². The molecule has 1 saturated heterocycles. The minimum Gasteiger partial charge on any atom is -0.361 e. The third-order valence-corrected chi connectivity index (χ3v) is 6.11. The molecule has 2 aromatic rings. The summed E-state index contributed by atoms with van der Waals surface area (Å²) >= 11 is 0. The molecule has 1 atom stereocenters. The minimum absolute atomic E-state index is 0.258. The Morgan fingerprint density at radius 2 is 2.15 bits per heavy atom. The maximum atomic E-state index is 12.1. The number of benzene rings is 1. The van der Waals surface area contributed by atoms with Crippen LogP contribution in [0.5, 0.6) is 0 Å². The standard InChI is InChI=1S/C15H20N2O2S/c1-2-9-20(18,19)17-8-7-12(11-17)14-10-16-15-6-4-3-5-13(14)15/h3-6,10,12,16H,2,7-9,11H2,1H3. The lowest BCUT2D eigenvalue weighted by Gasteiger charge is -2.15. The molecule has 2 heterocycles. The topological polar surface area (TPSA) is 53.2 Å². The van der Waals surface area contributed by atoms with E-state index in [2.05, 4.69) is 17.1 Å². The van der Waals surface area contributed by atoms with Crippen LogP contribution in [0.1, 0.15) is 31.2 Å². The number of sulfonamides is 1. The SMILES string of the molecule is CCCS(=O)(=O)N1CCC(c2c[nH]c3ccccc23)C1. The van der Waals surface area contributed by atoms with Gasteiger partial charge in [0.05, 0.1) is 5.75 Å². The van der Waals surface area contributed by atoms with Gasteiger partial charge in [-0.2, -0.15) is 0 Å². The van der Waals surface area contributed by atoms with E-state index in [0.29, 0.717) is 25.4 Å². The second kappa shape index (κ2) is 5.22. The molecule has 108 valence electrons. The van der Waals surface area contributed by atoms with Gasteiger partial charge in [-0.1, -0.05) is 25.1 Å². The Labute approximate surface area is 119 Å². The molecule has 0 spiro atoms. The Kier molecular flexibility index (Phi) is 3.56. The third-order valence-electron chi connectivity index (χ3n) is 4.07. The third kappa shape index (κ3) is 2.36. The number of H-pyrrole nitrogens is 1. The van der Waals surface area contributed by atoms with Crippen molar-refractivity contribution in [1.82, 2.24) is 9.29 Å². The van der Waals surface area contributed by atoms with Crippen molar-refractivity contribution in [3.8, 4) is 0 Å². The number of aromatic amines is 1. The lowest BCUT2D eigenvalue weighted by atomic mass is 9.98. The summed E-state index contributed by atoms with van der Waals surface area (Å²) in [6.45, 7) is 3.17. The summed E-state index contributed by atoms with van der Waals surface area (Å²) in [5.74, 6) is 0.561. The van der Waals surface area contributed by atoms with Crippen LogP contribution in [0.4, 0.5) is 0 Å². The van der Waals surface area contributed by atoms with Crippen LogP contribution in [-0.2, 0) is 10.0 Å². The molecule has 1 N–H and O–H groups in total. The van der Waals surface area contributed by atoms with Gasteiger partial charge < -0.3 is 4.98 Å². The van der Waals surface area contributed by atoms with Crippen LogP contribution < -0.4 is 0 Å². The number of hydrogen-bond acceptors (Lipinski definition) is 2. The molecule has 5 heteroatoms. The second-order valence-corrected chi connectivity index (χ2v) is 7.54. The van der Waals surface area contributed by atoms with Gasteiger partial charge in [0.15, 0.2) is 0 Å². The van der Waals surface area contributed by atoms with E-state index in [4.69, 9.17) is 0 Å². The number of para-hydroxylation sites is 1. The maximum absolute atomic E-state index is 12.1. The van der Waals surface area contributed by atoms with Gasteiger partial charge in [-0.05, 0) is 24.5 Å². The molecule has 1 unspecified atom stereocenters. The Balaban J connectivity index is 1.84. The van der Waals surface area contributed by atoms with Gasteiger partial charge in [-0.15, -0.1) is 0 Å². The highest BCUT2D eigenvalue weighted by molar-refractivity contribution is 7.89. The van der Waals surface area contributed by atoms with Gasteiger partial charge in [0.1, 0.15) is 0 Å². The summed E-state index contributed by atoms with van der Waals surface area (Å²) in [5.41, 5.74) is 2.37. The lowest BCUT2D eigenvalue weighted by molar-refractivity contribution is 0.472. The summed E-state index contributed by atoms with van der Waals surface area (Å²) in [7, 11) is -3.06. The van der Waals surface area contributed by atoms with Crippen molar-refractivity contribution in [1.29, 1.82) is 0 Å². The molecule has 0 radical (unpaired) electrons. The van der Waals surface area contributed by atoms with Gasteiger partial charge >= 0.3 is 0 Å². The zero-order valence-corrected chi connectivity index (χ0v) is 12.5. The second-order valence-electron chi connectivity index (χ2n) is 5.45. The predicted molar refractivity (Wildman–Crippen MR) is 81.3 cm³/mol. The maximum Gasteiger partial charge on any atom is 0.214 e. The van der Waals surface area contributed by atoms with Gasteiger partial charge in [0.2, 0.25) is 10.0 Å².